The minimum Gasteiger partial charge on any atom is -0.481 e. The first kappa shape index (κ1) is 14.7. The molecule has 2 rings (SSSR count). The number of nitro benzene ring substituents is 1. The molecule has 2 aromatic rings. The molecule has 0 spiro atoms. The van der Waals surface area contributed by atoms with Gasteiger partial charge in [-0.15, -0.1) is 0 Å². The van der Waals surface area contributed by atoms with E-state index in [0.717, 1.165) is 17.0 Å². The van der Waals surface area contributed by atoms with Crippen LogP contribution in [0.5, 0.6) is 0 Å². The summed E-state index contributed by atoms with van der Waals surface area (Å²) < 4.78 is 1.61. The van der Waals surface area contributed by atoms with Gasteiger partial charge in [0.15, 0.2) is 0 Å². The number of hydrogen-bond donors (Lipinski definition) is 1. The van der Waals surface area contributed by atoms with E-state index in [9.17, 15) is 14.9 Å². The molecule has 0 saturated carbocycles. The van der Waals surface area contributed by atoms with Crippen LogP contribution in [0.25, 0.3) is 5.69 Å². The highest BCUT2D eigenvalue weighted by molar-refractivity contribution is 5.67. The van der Waals surface area contributed by atoms with Crippen LogP contribution in [0.15, 0.2) is 24.3 Å². The van der Waals surface area contributed by atoms with Crippen LogP contribution in [0.4, 0.5) is 5.69 Å². The van der Waals surface area contributed by atoms with Crippen LogP contribution >= 0.6 is 0 Å². The second-order valence-electron chi connectivity index (χ2n) is 4.73. The first-order valence-electron chi connectivity index (χ1n) is 6.42. The number of carboxylic acids is 1. The molecule has 7 nitrogen and oxygen atoms in total. The topological polar surface area (TPSA) is 98.3 Å². The number of benzene rings is 1. The molecule has 0 saturated heterocycles. The Hall–Kier alpha value is -2.70. The number of carbonyl (C=O) groups is 1. The second kappa shape index (κ2) is 5.74. The normalized spacial score (nSPS) is 10.6. The third-order valence-electron chi connectivity index (χ3n) is 3.32. The van der Waals surface area contributed by atoms with Gasteiger partial charge in [-0.05, 0) is 31.9 Å². The highest BCUT2D eigenvalue weighted by Gasteiger charge is 2.15. The molecule has 1 aromatic carbocycles. The number of nitro groups is 1. The van der Waals surface area contributed by atoms with Crippen LogP contribution in [0.2, 0.25) is 0 Å². The Bertz CT molecular complexity index is 706. The van der Waals surface area contributed by atoms with Gasteiger partial charge in [-0.3, -0.25) is 14.9 Å². The number of non-ortho nitro benzene ring substituents is 1. The minimum absolute atomic E-state index is 0.00728. The highest BCUT2D eigenvalue weighted by Crippen LogP contribution is 2.22. The fourth-order valence-corrected chi connectivity index (χ4v) is 2.26. The summed E-state index contributed by atoms with van der Waals surface area (Å²) in [5, 5.41) is 24.0. The summed E-state index contributed by atoms with van der Waals surface area (Å²) in [6, 6.07) is 6.19. The fraction of sp³-hybridized carbons (Fsp3) is 0.286. The maximum Gasteiger partial charge on any atom is 0.303 e. The second-order valence-corrected chi connectivity index (χ2v) is 4.73. The Morgan fingerprint density at radius 2 is 2.14 bits per heavy atom. The van der Waals surface area contributed by atoms with Gasteiger partial charge < -0.3 is 5.11 Å². The summed E-state index contributed by atoms with van der Waals surface area (Å²) in [4.78, 5) is 21.1. The fourth-order valence-electron chi connectivity index (χ4n) is 2.26. The van der Waals surface area contributed by atoms with E-state index in [0.29, 0.717) is 12.1 Å². The van der Waals surface area contributed by atoms with Gasteiger partial charge in [0.1, 0.15) is 0 Å². The van der Waals surface area contributed by atoms with Crippen molar-refractivity contribution in [2.75, 3.05) is 0 Å². The standard InChI is InChI=1S/C14H15N3O4/c1-9-13(6-7-14(18)19)10(2)16(15-9)11-4-3-5-12(8-11)17(20)21/h3-5,8H,6-7H2,1-2H3,(H,18,19). The lowest BCUT2D eigenvalue weighted by Crippen LogP contribution is -2.02. The summed E-state index contributed by atoms with van der Waals surface area (Å²) in [7, 11) is 0. The van der Waals surface area contributed by atoms with Gasteiger partial charge in [-0.25, -0.2) is 4.68 Å². The van der Waals surface area contributed by atoms with E-state index >= 15 is 0 Å². The van der Waals surface area contributed by atoms with Crippen LogP contribution in [-0.4, -0.2) is 25.8 Å². The summed E-state index contributed by atoms with van der Waals surface area (Å²) >= 11 is 0. The zero-order valence-corrected chi connectivity index (χ0v) is 11.7. The van der Waals surface area contributed by atoms with E-state index in [-0.39, 0.29) is 12.1 Å². The van der Waals surface area contributed by atoms with Gasteiger partial charge >= 0.3 is 5.97 Å². The molecular formula is C14H15N3O4. The minimum atomic E-state index is -0.864. The van der Waals surface area contributed by atoms with E-state index in [1.807, 2.05) is 6.92 Å². The predicted molar refractivity (Wildman–Crippen MR) is 75.6 cm³/mol. The van der Waals surface area contributed by atoms with E-state index in [4.69, 9.17) is 5.11 Å². The number of aliphatic carboxylic acids is 1. The maximum atomic E-state index is 10.8. The number of aryl methyl sites for hydroxylation is 1. The van der Waals surface area contributed by atoms with Gasteiger partial charge in [-0.2, -0.15) is 5.10 Å². The van der Waals surface area contributed by atoms with Crippen molar-refractivity contribution in [3.05, 3.63) is 51.3 Å². The van der Waals surface area contributed by atoms with Gasteiger partial charge in [0.2, 0.25) is 0 Å². The Kier molecular flexibility index (Phi) is 4.02. The number of carboxylic acid groups (broad SMARTS) is 1. The molecule has 0 bridgehead atoms. The van der Waals surface area contributed by atoms with Gasteiger partial charge in [0.05, 0.1) is 16.3 Å². The van der Waals surface area contributed by atoms with Crippen LogP contribution in [0.3, 0.4) is 0 Å². The molecule has 110 valence electrons. The smallest absolute Gasteiger partial charge is 0.303 e. The van der Waals surface area contributed by atoms with Crippen molar-refractivity contribution >= 4 is 11.7 Å². The lowest BCUT2D eigenvalue weighted by molar-refractivity contribution is -0.384. The van der Waals surface area contributed by atoms with Crippen LogP contribution in [0.1, 0.15) is 23.4 Å². The van der Waals surface area contributed by atoms with Crippen molar-refractivity contribution in [2.45, 2.75) is 26.7 Å². The Balaban J connectivity index is 2.41. The van der Waals surface area contributed by atoms with Crippen molar-refractivity contribution in [2.24, 2.45) is 0 Å². The maximum absolute atomic E-state index is 10.8. The molecule has 1 aromatic heterocycles. The summed E-state index contributed by atoms with van der Waals surface area (Å²) in [5.74, 6) is -0.864. The molecule has 0 aliphatic carbocycles. The average molecular weight is 289 g/mol. The first-order valence-corrected chi connectivity index (χ1v) is 6.42. The van der Waals surface area contributed by atoms with Crippen LogP contribution in [0, 0.1) is 24.0 Å². The number of rotatable bonds is 5. The largest absolute Gasteiger partial charge is 0.481 e. The van der Waals surface area contributed by atoms with Gasteiger partial charge in [0, 0.05) is 24.2 Å². The summed E-state index contributed by atoms with van der Waals surface area (Å²) in [6.45, 7) is 3.63. The van der Waals surface area contributed by atoms with Crippen LogP contribution in [-0.2, 0) is 11.2 Å². The molecule has 0 amide bonds. The summed E-state index contributed by atoms with van der Waals surface area (Å²) in [5.41, 5.74) is 2.98. The van der Waals surface area contributed by atoms with Crippen molar-refractivity contribution < 1.29 is 14.8 Å². The highest BCUT2D eigenvalue weighted by atomic mass is 16.6. The lowest BCUT2D eigenvalue weighted by atomic mass is 10.1. The summed E-state index contributed by atoms with van der Waals surface area (Å²) in [6.07, 6.45) is 0.421. The molecule has 21 heavy (non-hydrogen) atoms. The Morgan fingerprint density at radius 3 is 2.76 bits per heavy atom. The third-order valence-corrected chi connectivity index (χ3v) is 3.32. The lowest BCUT2D eigenvalue weighted by Gasteiger charge is -2.05. The Labute approximate surface area is 121 Å². The van der Waals surface area contributed by atoms with Crippen molar-refractivity contribution in [3.8, 4) is 5.69 Å². The predicted octanol–water partition coefficient (Wildman–Crippen LogP) is 2.41. The molecule has 0 atom stereocenters. The van der Waals surface area contributed by atoms with Crippen molar-refractivity contribution in [3.63, 3.8) is 0 Å². The molecule has 0 fully saturated rings. The average Bonchev–Trinajstić information content (AvgIpc) is 2.72. The zero-order chi connectivity index (χ0) is 15.6. The van der Waals surface area contributed by atoms with Crippen LogP contribution < -0.4 is 0 Å². The molecule has 0 radical (unpaired) electrons. The van der Waals surface area contributed by atoms with E-state index in [1.165, 1.54) is 12.1 Å². The Morgan fingerprint density at radius 1 is 1.43 bits per heavy atom. The molecule has 0 aliphatic rings. The van der Waals surface area contributed by atoms with Crippen molar-refractivity contribution in [1.82, 2.24) is 9.78 Å². The van der Waals surface area contributed by atoms with Gasteiger partial charge in [-0.1, -0.05) is 6.07 Å². The van der Waals surface area contributed by atoms with Gasteiger partial charge in [0.25, 0.3) is 5.69 Å². The molecule has 7 heteroatoms. The van der Waals surface area contributed by atoms with E-state index in [1.54, 1.807) is 23.7 Å². The number of nitrogens with zero attached hydrogens (tertiary/aromatic N) is 3. The SMILES string of the molecule is Cc1nn(-c2cccc([N+](=O)[O-])c2)c(C)c1CCC(=O)O. The quantitative estimate of drug-likeness (QED) is 0.673. The molecular weight excluding hydrogens is 274 g/mol. The molecule has 1 N–H and O–H groups in total. The zero-order valence-electron chi connectivity index (χ0n) is 11.7. The number of hydrogen-bond acceptors (Lipinski definition) is 4. The van der Waals surface area contributed by atoms with Crippen molar-refractivity contribution in [1.29, 1.82) is 0 Å². The van der Waals surface area contributed by atoms with E-state index < -0.39 is 10.9 Å². The number of aromatic nitrogens is 2. The van der Waals surface area contributed by atoms with E-state index in [2.05, 4.69) is 5.10 Å². The molecule has 0 unspecified atom stereocenters. The third kappa shape index (κ3) is 3.07. The monoisotopic (exact) mass is 289 g/mol. The first-order chi connectivity index (χ1) is 9.90. The molecule has 1 heterocycles. The molecule has 0 aliphatic heterocycles.